The molecular formula is C16H12FNO2. The highest BCUT2D eigenvalue weighted by molar-refractivity contribution is 5.86. The maximum absolute atomic E-state index is 12.8. The minimum atomic E-state index is -0.995. The molecule has 0 saturated heterocycles. The summed E-state index contributed by atoms with van der Waals surface area (Å²) in [6.07, 6.45) is 4.20. The van der Waals surface area contributed by atoms with E-state index in [-0.39, 0.29) is 5.82 Å². The summed E-state index contributed by atoms with van der Waals surface area (Å²) in [5, 5.41) is 8.57. The van der Waals surface area contributed by atoms with Crippen molar-refractivity contribution in [2.45, 2.75) is 0 Å². The van der Waals surface area contributed by atoms with Crippen LogP contribution in [-0.2, 0) is 4.79 Å². The summed E-state index contributed by atoms with van der Waals surface area (Å²) >= 11 is 0. The van der Waals surface area contributed by atoms with E-state index in [1.807, 2.05) is 0 Å². The van der Waals surface area contributed by atoms with Crippen LogP contribution < -0.4 is 0 Å². The highest BCUT2D eigenvalue weighted by atomic mass is 19.1. The molecule has 0 fully saturated rings. The first-order chi connectivity index (χ1) is 9.63. The Kier molecular flexibility index (Phi) is 4.39. The van der Waals surface area contributed by atoms with Crippen molar-refractivity contribution in [3.63, 3.8) is 0 Å². The van der Waals surface area contributed by atoms with Crippen molar-refractivity contribution in [2.24, 2.45) is 4.99 Å². The van der Waals surface area contributed by atoms with Crippen LogP contribution in [0, 0.1) is 5.82 Å². The first-order valence-electron chi connectivity index (χ1n) is 5.94. The highest BCUT2D eigenvalue weighted by Gasteiger charge is 1.93. The van der Waals surface area contributed by atoms with E-state index in [4.69, 9.17) is 5.11 Å². The molecule has 2 aromatic rings. The maximum Gasteiger partial charge on any atom is 0.328 e. The minimum Gasteiger partial charge on any atom is -0.478 e. The molecule has 0 aliphatic rings. The molecule has 0 spiro atoms. The van der Waals surface area contributed by atoms with Crippen LogP contribution >= 0.6 is 0 Å². The standard InChI is InChI=1S/C16H12FNO2/c17-14-7-4-13(5-8-14)11-18-15-3-1-2-12(10-15)6-9-16(19)20/h1-11H,(H,19,20)/b9-6+,18-11?. The summed E-state index contributed by atoms with van der Waals surface area (Å²) in [6, 6.07) is 13.1. The zero-order chi connectivity index (χ0) is 14.4. The SMILES string of the molecule is O=C(O)/C=C/c1cccc(N=Cc2ccc(F)cc2)c1. The maximum atomic E-state index is 12.8. The van der Waals surface area contributed by atoms with Gasteiger partial charge in [0.15, 0.2) is 0 Å². The number of aliphatic imine (C=N–C) groups is 1. The number of hydrogen-bond acceptors (Lipinski definition) is 2. The van der Waals surface area contributed by atoms with Gasteiger partial charge in [0.25, 0.3) is 0 Å². The number of hydrogen-bond donors (Lipinski definition) is 1. The summed E-state index contributed by atoms with van der Waals surface area (Å²) in [7, 11) is 0. The summed E-state index contributed by atoms with van der Waals surface area (Å²) < 4.78 is 12.8. The Hall–Kier alpha value is -2.75. The summed E-state index contributed by atoms with van der Waals surface area (Å²) in [5.74, 6) is -1.28. The summed E-state index contributed by atoms with van der Waals surface area (Å²) in [5.41, 5.74) is 2.24. The molecule has 0 aliphatic carbocycles. The predicted octanol–water partition coefficient (Wildman–Crippen LogP) is 3.67. The van der Waals surface area contributed by atoms with Crippen molar-refractivity contribution in [2.75, 3.05) is 0 Å². The molecule has 3 nitrogen and oxygen atoms in total. The Morgan fingerprint density at radius 1 is 1.10 bits per heavy atom. The Morgan fingerprint density at radius 2 is 1.85 bits per heavy atom. The van der Waals surface area contributed by atoms with Gasteiger partial charge < -0.3 is 5.11 Å². The Balaban J connectivity index is 2.15. The molecule has 0 aliphatic heterocycles. The highest BCUT2D eigenvalue weighted by Crippen LogP contribution is 2.15. The van der Waals surface area contributed by atoms with E-state index >= 15 is 0 Å². The minimum absolute atomic E-state index is 0.289. The molecule has 20 heavy (non-hydrogen) atoms. The van der Waals surface area contributed by atoms with E-state index in [9.17, 15) is 9.18 Å². The van der Waals surface area contributed by atoms with Crippen molar-refractivity contribution in [3.8, 4) is 0 Å². The molecule has 0 heterocycles. The van der Waals surface area contributed by atoms with Crippen LogP contribution in [0.4, 0.5) is 10.1 Å². The number of halogens is 1. The second-order valence-corrected chi connectivity index (χ2v) is 4.08. The van der Waals surface area contributed by atoms with E-state index in [0.29, 0.717) is 5.69 Å². The van der Waals surface area contributed by atoms with Crippen LogP contribution in [0.25, 0.3) is 6.08 Å². The van der Waals surface area contributed by atoms with Gasteiger partial charge in [0, 0.05) is 12.3 Å². The molecule has 0 atom stereocenters. The van der Waals surface area contributed by atoms with Gasteiger partial charge in [-0.3, -0.25) is 4.99 Å². The number of benzene rings is 2. The second kappa shape index (κ2) is 6.43. The van der Waals surface area contributed by atoms with Crippen LogP contribution in [0.5, 0.6) is 0 Å². The van der Waals surface area contributed by atoms with Crippen LogP contribution in [0.2, 0.25) is 0 Å². The van der Waals surface area contributed by atoms with Gasteiger partial charge >= 0.3 is 5.97 Å². The molecule has 1 N–H and O–H groups in total. The third-order valence-corrected chi connectivity index (χ3v) is 2.52. The molecule has 100 valence electrons. The number of rotatable bonds is 4. The Morgan fingerprint density at radius 3 is 2.55 bits per heavy atom. The number of carboxylic acids is 1. The first-order valence-corrected chi connectivity index (χ1v) is 5.94. The molecule has 0 amide bonds. The average molecular weight is 269 g/mol. The molecule has 0 unspecified atom stereocenters. The van der Waals surface area contributed by atoms with Crippen molar-refractivity contribution in [3.05, 3.63) is 71.6 Å². The predicted molar refractivity (Wildman–Crippen MR) is 76.8 cm³/mol. The van der Waals surface area contributed by atoms with Crippen LogP contribution in [-0.4, -0.2) is 17.3 Å². The van der Waals surface area contributed by atoms with Crippen LogP contribution in [0.3, 0.4) is 0 Å². The van der Waals surface area contributed by atoms with E-state index in [1.54, 1.807) is 42.6 Å². The van der Waals surface area contributed by atoms with Gasteiger partial charge in [0.05, 0.1) is 5.69 Å². The third kappa shape index (κ3) is 4.17. The largest absolute Gasteiger partial charge is 0.478 e. The Bertz CT molecular complexity index is 660. The first kappa shape index (κ1) is 13.7. The monoisotopic (exact) mass is 269 g/mol. The summed E-state index contributed by atoms with van der Waals surface area (Å²) in [4.78, 5) is 14.7. The number of carboxylic acid groups (broad SMARTS) is 1. The van der Waals surface area contributed by atoms with Crippen LogP contribution in [0.15, 0.2) is 59.6 Å². The fourth-order valence-corrected chi connectivity index (χ4v) is 1.57. The molecular weight excluding hydrogens is 257 g/mol. The lowest BCUT2D eigenvalue weighted by Crippen LogP contribution is -1.85. The fraction of sp³-hybridized carbons (Fsp3) is 0. The smallest absolute Gasteiger partial charge is 0.328 e. The Labute approximate surface area is 115 Å². The average Bonchev–Trinajstić information content (AvgIpc) is 2.45. The van der Waals surface area contributed by atoms with Gasteiger partial charge in [-0.1, -0.05) is 24.3 Å². The van der Waals surface area contributed by atoms with E-state index < -0.39 is 5.97 Å². The van der Waals surface area contributed by atoms with Crippen molar-refractivity contribution in [1.82, 2.24) is 0 Å². The lowest BCUT2D eigenvalue weighted by atomic mass is 10.2. The molecule has 2 aromatic carbocycles. The fourth-order valence-electron chi connectivity index (χ4n) is 1.57. The number of carbonyl (C=O) groups is 1. The van der Waals surface area contributed by atoms with E-state index in [2.05, 4.69) is 4.99 Å². The molecule has 2 rings (SSSR count). The van der Waals surface area contributed by atoms with Crippen molar-refractivity contribution >= 4 is 23.9 Å². The van der Waals surface area contributed by atoms with Crippen molar-refractivity contribution < 1.29 is 14.3 Å². The van der Waals surface area contributed by atoms with E-state index in [1.165, 1.54) is 18.2 Å². The zero-order valence-electron chi connectivity index (χ0n) is 10.5. The topological polar surface area (TPSA) is 49.7 Å². The quantitative estimate of drug-likeness (QED) is 0.680. The van der Waals surface area contributed by atoms with Gasteiger partial charge in [-0.05, 0) is 41.5 Å². The summed E-state index contributed by atoms with van der Waals surface area (Å²) in [6.45, 7) is 0. The lowest BCUT2D eigenvalue weighted by molar-refractivity contribution is -0.131. The second-order valence-electron chi connectivity index (χ2n) is 4.08. The number of nitrogens with zero attached hydrogens (tertiary/aromatic N) is 1. The van der Waals surface area contributed by atoms with Gasteiger partial charge in [0.2, 0.25) is 0 Å². The van der Waals surface area contributed by atoms with Crippen LogP contribution in [0.1, 0.15) is 11.1 Å². The van der Waals surface area contributed by atoms with E-state index in [0.717, 1.165) is 17.2 Å². The van der Waals surface area contributed by atoms with Gasteiger partial charge in [0.1, 0.15) is 5.82 Å². The normalized spacial score (nSPS) is 11.2. The lowest BCUT2D eigenvalue weighted by Gasteiger charge is -1.97. The third-order valence-electron chi connectivity index (χ3n) is 2.52. The molecule has 0 bridgehead atoms. The van der Waals surface area contributed by atoms with Gasteiger partial charge in [-0.15, -0.1) is 0 Å². The zero-order valence-corrected chi connectivity index (χ0v) is 10.5. The van der Waals surface area contributed by atoms with Gasteiger partial charge in [-0.25, -0.2) is 9.18 Å². The van der Waals surface area contributed by atoms with Gasteiger partial charge in [-0.2, -0.15) is 0 Å². The molecule has 0 radical (unpaired) electrons. The molecule has 0 aromatic heterocycles. The molecule has 4 heteroatoms. The number of aliphatic carboxylic acids is 1. The molecule has 0 saturated carbocycles. The van der Waals surface area contributed by atoms with Crippen molar-refractivity contribution in [1.29, 1.82) is 0 Å².